The Hall–Kier alpha value is -1.59. The van der Waals surface area contributed by atoms with E-state index in [0.717, 1.165) is 57.9 Å². The quantitative estimate of drug-likeness (QED) is 0.678. The fraction of sp³-hybridized carbons (Fsp3) is 0.632. The van der Waals surface area contributed by atoms with E-state index in [9.17, 15) is 4.79 Å². The van der Waals surface area contributed by atoms with E-state index < -0.39 is 0 Å². The third-order valence-corrected chi connectivity index (χ3v) is 4.48. The van der Waals surface area contributed by atoms with E-state index in [1.807, 2.05) is 12.1 Å². The number of nitrogens with zero attached hydrogens (tertiary/aromatic N) is 1. The molecule has 0 spiro atoms. The molecule has 2 rings (SSSR count). The van der Waals surface area contributed by atoms with Crippen molar-refractivity contribution in [2.75, 3.05) is 45.9 Å². The Morgan fingerprint density at radius 3 is 2.75 bits per heavy atom. The number of benzene rings is 1. The summed E-state index contributed by atoms with van der Waals surface area (Å²) < 4.78 is 5.70. The van der Waals surface area contributed by atoms with Crippen LogP contribution in [0.2, 0.25) is 0 Å². The Balaban J connectivity index is 1.49. The number of nitrogens with one attached hydrogen (secondary N) is 2. The summed E-state index contributed by atoms with van der Waals surface area (Å²) in [7, 11) is 0. The zero-order chi connectivity index (χ0) is 17.2. The Labute approximate surface area is 145 Å². The minimum atomic E-state index is 0.124. The van der Waals surface area contributed by atoms with Gasteiger partial charge in [-0.2, -0.15) is 0 Å². The molecule has 0 aliphatic carbocycles. The highest BCUT2D eigenvalue weighted by Crippen LogP contribution is 2.16. The topological polar surface area (TPSA) is 53.6 Å². The van der Waals surface area contributed by atoms with Gasteiger partial charge >= 0.3 is 0 Å². The molecule has 1 saturated heterocycles. The molecular formula is C19H31N3O2. The van der Waals surface area contributed by atoms with Gasteiger partial charge < -0.3 is 20.3 Å². The maximum Gasteiger partial charge on any atom is 0.220 e. The summed E-state index contributed by atoms with van der Waals surface area (Å²) in [4.78, 5) is 14.3. The molecule has 1 amide bonds. The monoisotopic (exact) mass is 333 g/mol. The predicted molar refractivity (Wildman–Crippen MR) is 97.6 cm³/mol. The van der Waals surface area contributed by atoms with Gasteiger partial charge in [-0.1, -0.05) is 6.07 Å². The van der Waals surface area contributed by atoms with E-state index >= 15 is 0 Å². The van der Waals surface area contributed by atoms with Crippen molar-refractivity contribution in [1.82, 2.24) is 15.5 Å². The molecule has 0 saturated carbocycles. The van der Waals surface area contributed by atoms with Crippen LogP contribution < -0.4 is 15.4 Å². The average Bonchev–Trinajstić information content (AvgIpc) is 2.59. The number of carbonyl (C=O) groups excluding carboxylic acids is 1. The summed E-state index contributed by atoms with van der Waals surface area (Å²) in [6, 6.07) is 6.10. The molecule has 1 heterocycles. The van der Waals surface area contributed by atoms with Gasteiger partial charge in [-0.15, -0.1) is 0 Å². The van der Waals surface area contributed by atoms with Crippen LogP contribution in [-0.4, -0.2) is 56.7 Å². The van der Waals surface area contributed by atoms with Gasteiger partial charge in [0.05, 0.1) is 6.61 Å². The molecule has 1 aromatic rings. The predicted octanol–water partition coefficient (Wildman–Crippen LogP) is 1.87. The molecule has 0 atom stereocenters. The van der Waals surface area contributed by atoms with Gasteiger partial charge in [0.25, 0.3) is 0 Å². The summed E-state index contributed by atoms with van der Waals surface area (Å²) in [6.07, 6.45) is 2.29. The smallest absolute Gasteiger partial charge is 0.220 e. The Morgan fingerprint density at radius 2 is 2.00 bits per heavy atom. The standard InChI is InChI=1S/C19H31N3O2/c1-16-6-7-18(15-17(16)2)24-14-3-5-19(23)21-8-4-11-22-12-9-20-10-13-22/h6-7,15,20H,3-5,8-14H2,1-2H3,(H,21,23). The van der Waals surface area contributed by atoms with Crippen LogP contribution in [0.5, 0.6) is 5.75 Å². The second-order valence-electron chi connectivity index (χ2n) is 6.49. The number of hydrogen-bond donors (Lipinski definition) is 2. The van der Waals surface area contributed by atoms with Gasteiger partial charge in [0, 0.05) is 39.1 Å². The van der Waals surface area contributed by atoms with E-state index in [1.165, 1.54) is 11.1 Å². The Morgan fingerprint density at radius 1 is 1.21 bits per heavy atom. The van der Waals surface area contributed by atoms with Crippen molar-refractivity contribution in [1.29, 1.82) is 0 Å². The van der Waals surface area contributed by atoms with E-state index in [1.54, 1.807) is 0 Å². The van der Waals surface area contributed by atoms with Crippen LogP contribution in [0, 0.1) is 13.8 Å². The first-order valence-corrected chi connectivity index (χ1v) is 9.05. The lowest BCUT2D eigenvalue weighted by Crippen LogP contribution is -2.44. The first kappa shape index (κ1) is 18.7. The molecule has 1 aliphatic heterocycles. The first-order valence-electron chi connectivity index (χ1n) is 9.05. The van der Waals surface area contributed by atoms with E-state index in [4.69, 9.17) is 4.74 Å². The second-order valence-corrected chi connectivity index (χ2v) is 6.49. The normalized spacial score (nSPS) is 15.2. The maximum atomic E-state index is 11.8. The lowest BCUT2D eigenvalue weighted by molar-refractivity contribution is -0.121. The summed E-state index contributed by atoms with van der Waals surface area (Å²) in [5.74, 6) is 1.01. The number of carbonyl (C=O) groups is 1. The molecule has 1 aromatic carbocycles. The molecule has 134 valence electrons. The minimum absolute atomic E-state index is 0.124. The fourth-order valence-electron chi connectivity index (χ4n) is 2.78. The van der Waals surface area contributed by atoms with E-state index in [0.29, 0.717) is 13.0 Å². The third kappa shape index (κ3) is 6.89. The van der Waals surface area contributed by atoms with Gasteiger partial charge in [-0.05, 0) is 56.5 Å². The number of rotatable bonds is 9. The van der Waals surface area contributed by atoms with E-state index in [2.05, 4.69) is 35.4 Å². The molecule has 5 nitrogen and oxygen atoms in total. The molecule has 0 aromatic heterocycles. The van der Waals surface area contributed by atoms with Crippen molar-refractivity contribution in [2.45, 2.75) is 33.1 Å². The highest BCUT2D eigenvalue weighted by molar-refractivity contribution is 5.75. The first-order chi connectivity index (χ1) is 11.6. The molecule has 2 N–H and O–H groups in total. The van der Waals surface area contributed by atoms with Crippen molar-refractivity contribution in [3.63, 3.8) is 0 Å². The van der Waals surface area contributed by atoms with Crippen LogP contribution in [0.15, 0.2) is 18.2 Å². The molecule has 1 aliphatic rings. The van der Waals surface area contributed by atoms with Crippen LogP contribution in [0.1, 0.15) is 30.4 Å². The van der Waals surface area contributed by atoms with Crippen molar-refractivity contribution >= 4 is 5.91 Å². The fourth-order valence-corrected chi connectivity index (χ4v) is 2.78. The summed E-state index contributed by atoms with van der Waals surface area (Å²) >= 11 is 0. The second kappa shape index (κ2) is 10.3. The lowest BCUT2D eigenvalue weighted by atomic mass is 10.1. The van der Waals surface area contributed by atoms with Crippen molar-refractivity contribution in [3.05, 3.63) is 29.3 Å². The number of aryl methyl sites for hydroxylation is 2. The largest absolute Gasteiger partial charge is 0.494 e. The summed E-state index contributed by atoms with van der Waals surface area (Å²) in [6.45, 7) is 11.0. The number of hydrogen-bond acceptors (Lipinski definition) is 4. The average molecular weight is 333 g/mol. The lowest BCUT2D eigenvalue weighted by Gasteiger charge is -2.27. The van der Waals surface area contributed by atoms with Crippen LogP contribution in [0.3, 0.4) is 0 Å². The number of piperazine rings is 1. The van der Waals surface area contributed by atoms with Gasteiger partial charge in [0.15, 0.2) is 0 Å². The van der Waals surface area contributed by atoms with E-state index in [-0.39, 0.29) is 5.91 Å². The van der Waals surface area contributed by atoms with Gasteiger partial charge in [0.1, 0.15) is 5.75 Å². The molecule has 24 heavy (non-hydrogen) atoms. The van der Waals surface area contributed by atoms with Crippen LogP contribution >= 0.6 is 0 Å². The molecule has 0 unspecified atom stereocenters. The van der Waals surface area contributed by atoms with Crippen LogP contribution in [0.4, 0.5) is 0 Å². The summed E-state index contributed by atoms with van der Waals surface area (Å²) in [5, 5.41) is 6.35. The zero-order valence-corrected chi connectivity index (χ0v) is 15.1. The molecule has 0 radical (unpaired) electrons. The van der Waals surface area contributed by atoms with Crippen molar-refractivity contribution in [2.24, 2.45) is 0 Å². The molecule has 0 bridgehead atoms. The Kier molecular flexibility index (Phi) is 8.05. The van der Waals surface area contributed by atoms with Crippen LogP contribution in [0.25, 0.3) is 0 Å². The van der Waals surface area contributed by atoms with Crippen molar-refractivity contribution in [3.8, 4) is 5.75 Å². The molecular weight excluding hydrogens is 302 g/mol. The van der Waals surface area contributed by atoms with Crippen molar-refractivity contribution < 1.29 is 9.53 Å². The van der Waals surface area contributed by atoms with Gasteiger partial charge in [-0.25, -0.2) is 0 Å². The summed E-state index contributed by atoms with van der Waals surface area (Å²) in [5.41, 5.74) is 2.50. The molecule has 1 fully saturated rings. The number of amides is 1. The minimum Gasteiger partial charge on any atom is -0.494 e. The van der Waals surface area contributed by atoms with Crippen LogP contribution in [-0.2, 0) is 4.79 Å². The highest BCUT2D eigenvalue weighted by Gasteiger charge is 2.08. The zero-order valence-electron chi connectivity index (χ0n) is 15.1. The van der Waals surface area contributed by atoms with Gasteiger partial charge in [0.2, 0.25) is 5.91 Å². The Bertz CT molecular complexity index is 513. The molecule has 5 heteroatoms. The number of ether oxygens (including phenoxy) is 1. The SMILES string of the molecule is Cc1ccc(OCCCC(=O)NCCCN2CCNCC2)cc1C. The third-order valence-electron chi connectivity index (χ3n) is 4.48. The highest BCUT2D eigenvalue weighted by atomic mass is 16.5. The maximum absolute atomic E-state index is 11.8. The van der Waals surface area contributed by atoms with Gasteiger partial charge in [-0.3, -0.25) is 4.79 Å².